The quantitative estimate of drug-likeness (QED) is 0.299. The molecule has 1 fully saturated rings. The van der Waals surface area contributed by atoms with E-state index in [1.165, 1.54) is 12.0 Å². The van der Waals surface area contributed by atoms with Gasteiger partial charge in [-0.2, -0.15) is 0 Å². The van der Waals surface area contributed by atoms with Gasteiger partial charge in [-0.25, -0.2) is 9.69 Å². The summed E-state index contributed by atoms with van der Waals surface area (Å²) in [6.45, 7) is 6.61. The summed E-state index contributed by atoms with van der Waals surface area (Å²) in [5.41, 5.74) is 0.311. The van der Waals surface area contributed by atoms with E-state index in [1.807, 2.05) is 37.3 Å². The number of carbonyl (C=O) groups is 4. The average molecular weight is 624 g/mol. The number of fused-ring (bicyclic) bond motifs is 2. The molecule has 5 rings (SSSR count). The molecule has 3 amide bonds. The minimum absolute atomic E-state index is 0.143. The monoisotopic (exact) mass is 622 g/mol. The predicted molar refractivity (Wildman–Crippen MR) is 163 cm³/mol. The molecule has 43 heavy (non-hydrogen) atoms. The Labute approximate surface area is 260 Å². The summed E-state index contributed by atoms with van der Waals surface area (Å²) in [6.07, 6.45) is -1.02. The van der Waals surface area contributed by atoms with Crippen LogP contribution in [-0.2, 0) is 29.3 Å². The van der Waals surface area contributed by atoms with Crippen molar-refractivity contribution in [2.45, 2.75) is 57.1 Å². The van der Waals surface area contributed by atoms with Crippen LogP contribution in [0, 0.1) is 6.92 Å². The molecule has 0 unspecified atom stereocenters. The zero-order chi connectivity index (χ0) is 31.3. The predicted octanol–water partition coefficient (Wildman–Crippen LogP) is 6.75. The molecule has 1 saturated heterocycles. The van der Waals surface area contributed by atoms with Crippen molar-refractivity contribution in [3.63, 3.8) is 0 Å². The molecule has 0 saturated carbocycles. The highest BCUT2D eigenvalue weighted by Gasteiger charge is 2.67. The van der Waals surface area contributed by atoms with Crippen molar-refractivity contribution in [1.29, 1.82) is 0 Å². The lowest BCUT2D eigenvalue weighted by Crippen LogP contribution is -2.61. The van der Waals surface area contributed by atoms with E-state index in [0.29, 0.717) is 26.7 Å². The van der Waals surface area contributed by atoms with Crippen LogP contribution in [0.4, 0.5) is 10.5 Å². The van der Waals surface area contributed by atoms with E-state index in [4.69, 9.17) is 32.7 Å². The van der Waals surface area contributed by atoms with Crippen LogP contribution in [-0.4, -0.2) is 48.0 Å². The van der Waals surface area contributed by atoms with Gasteiger partial charge in [-0.05, 0) is 74.2 Å². The first-order valence-corrected chi connectivity index (χ1v) is 14.6. The van der Waals surface area contributed by atoms with Gasteiger partial charge >= 0.3 is 12.1 Å². The van der Waals surface area contributed by atoms with Gasteiger partial charge in [0, 0.05) is 22.4 Å². The van der Waals surface area contributed by atoms with Crippen molar-refractivity contribution in [1.82, 2.24) is 4.90 Å². The van der Waals surface area contributed by atoms with Gasteiger partial charge in [0.1, 0.15) is 17.6 Å². The fraction of sp³-hybridized carbons (Fsp3) is 0.333. The van der Waals surface area contributed by atoms with Crippen molar-refractivity contribution in [2.24, 2.45) is 0 Å². The fourth-order valence-electron chi connectivity index (χ4n) is 6.37. The summed E-state index contributed by atoms with van der Waals surface area (Å²) in [6, 6.07) is 18.3. The smallest absolute Gasteiger partial charge is 0.421 e. The molecule has 0 aliphatic carbocycles. The molecular weight excluding hydrogens is 591 g/mol. The number of benzene rings is 3. The molecule has 0 bridgehead atoms. The lowest BCUT2D eigenvalue weighted by Gasteiger charge is -2.51. The molecule has 3 aromatic rings. The van der Waals surface area contributed by atoms with Crippen LogP contribution >= 0.6 is 23.2 Å². The van der Waals surface area contributed by atoms with Gasteiger partial charge in [-0.15, -0.1) is 0 Å². The first-order valence-electron chi connectivity index (χ1n) is 13.8. The minimum Gasteiger partial charge on any atom is -0.468 e. The Bertz CT molecular complexity index is 1630. The topological polar surface area (TPSA) is 93.2 Å². The van der Waals surface area contributed by atoms with Crippen molar-refractivity contribution >= 4 is 52.8 Å². The van der Waals surface area contributed by atoms with Crippen LogP contribution in [0.15, 0.2) is 66.7 Å². The van der Waals surface area contributed by atoms with Crippen molar-refractivity contribution in [3.05, 3.63) is 99.0 Å². The summed E-state index contributed by atoms with van der Waals surface area (Å²) < 4.78 is 10.7. The van der Waals surface area contributed by atoms with Gasteiger partial charge in [-0.3, -0.25) is 14.4 Å². The number of methoxy groups -OCH3 is 1. The maximum atomic E-state index is 15.2. The van der Waals surface area contributed by atoms with Gasteiger partial charge in [-0.1, -0.05) is 65.7 Å². The van der Waals surface area contributed by atoms with E-state index in [9.17, 15) is 14.4 Å². The molecule has 10 heteroatoms. The number of anilines is 1. The van der Waals surface area contributed by atoms with E-state index < -0.39 is 47.5 Å². The standard InChI is InChI=1S/C33H32Cl2N2O6/c1-19-9-6-7-12-23(19)29-33(24-14-13-22(35)16-26(24)37(30(33)40)31(41)43-32(2,3)4)25(20-10-8-11-21(34)15-20)17-27(38)36(29)18-28(39)42-5/h6-16,25,29H,17-18H2,1-5H3/t25-,29+,33-/m0/s1. The lowest BCUT2D eigenvalue weighted by molar-refractivity contribution is -0.155. The molecule has 8 nitrogen and oxygen atoms in total. The molecule has 0 N–H and O–H groups in total. The van der Waals surface area contributed by atoms with Crippen LogP contribution in [0.5, 0.6) is 0 Å². The maximum Gasteiger partial charge on any atom is 0.421 e. The lowest BCUT2D eigenvalue weighted by atomic mass is 9.58. The van der Waals surface area contributed by atoms with Gasteiger partial charge in [0.25, 0.3) is 0 Å². The molecule has 3 aromatic carbocycles. The Morgan fingerprint density at radius 1 is 0.977 bits per heavy atom. The minimum atomic E-state index is -1.59. The number of esters is 1. The molecule has 3 atom stereocenters. The number of carbonyl (C=O) groups excluding carboxylic acids is 4. The van der Waals surface area contributed by atoms with Gasteiger partial charge < -0.3 is 14.4 Å². The summed E-state index contributed by atoms with van der Waals surface area (Å²) in [5.74, 6) is -2.38. The zero-order valence-corrected chi connectivity index (χ0v) is 26.0. The number of nitrogens with zero attached hydrogens (tertiary/aromatic N) is 2. The van der Waals surface area contributed by atoms with Gasteiger partial charge in [0.05, 0.1) is 18.8 Å². The van der Waals surface area contributed by atoms with E-state index in [0.717, 1.165) is 10.5 Å². The van der Waals surface area contributed by atoms with Crippen LogP contribution in [0.25, 0.3) is 0 Å². The third-order valence-electron chi connectivity index (χ3n) is 8.03. The summed E-state index contributed by atoms with van der Waals surface area (Å²) in [4.78, 5) is 58.3. The third kappa shape index (κ3) is 5.27. The number of likely N-dealkylation sites (tertiary alicyclic amines) is 1. The Balaban J connectivity index is 1.89. The molecular formula is C33H32Cl2N2O6. The molecule has 2 heterocycles. The largest absolute Gasteiger partial charge is 0.468 e. The number of imide groups is 1. The van der Waals surface area contributed by atoms with E-state index in [1.54, 1.807) is 57.2 Å². The van der Waals surface area contributed by atoms with E-state index >= 15 is 4.79 Å². The first kappa shape index (κ1) is 30.6. The zero-order valence-electron chi connectivity index (χ0n) is 24.5. The Hall–Kier alpha value is -3.88. The number of halogens is 2. The highest BCUT2D eigenvalue weighted by Crippen LogP contribution is 2.62. The Kier molecular flexibility index (Phi) is 8.05. The third-order valence-corrected chi connectivity index (χ3v) is 8.50. The maximum absolute atomic E-state index is 15.2. The highest BCUT2D eigenvalue weighted by atomic mass is 35.5. The Morgan fingerprint density at radius 3 is 2.33 bits per heavy atom. The van der Waals surface area contributed by atoms with Crippen molar-refractivity contribution < 1.29 is 28.7 Å². The van der Waals surface area contributed by atoms with E-state index in [-0.39, 0.29) is 18.0 Å². The van der Waals surface area contributed by atoms with Crippen molar-refractivity contribution in [2.75, 3.05) is 18.6 Å². The normalized spacial score (nSPS) is 21.7. The number of ether oxygens (including phenoxy) is 2. The second kappa shape index (κ2) is 11.3. The molecule has 0 radical (unpaired) electrons. The summed E-state index contributed by atoms with van der Waals surface area (Å²) in [7, 11) is 1.24. The molecule has 224 valence electrons. The number of hydrogen-bond acceptors (Lipinski definition) is 6. The van der Waals surface area contributed by atoms with Gasteiger partial charge in [0.2, 0.25) is 11.8 Å². The fourth-order valence-corrected chi connectivity index (χ4v) is 6.73. The van der Waals surface area contributed by atoms with Crippen molar-refractivity contribution in [3.8, 4) is 0 Å². The number of rotatable bonds is 4. The summed E-state index contributed by atoms with van der Waals surface area (Å²) >= 11 is 12.9. The van der Waals surface area contributed by atoms with Crippen LogP contribution in [0.1, 0.15) is 61.4 Å². The second-order valence-electron chi connectivity index (χ2n) is 11.8. The summed E-state index contributed by atoms with van der Waals surface area (Å²) in [5, 5.41) is 0.734. The molecule has 2 aliphatic heterocycles. The average Bonchev–Trinajstić information content (AvgIpc) is 3.17. The number of amides is 3. The Morgan fingerprint density at radius 2 is 1.67 bits per heavy atom. The van der Waals surface area contributed by atoms with Crippen LogP contribution in [0.2, 0.25) is 10.0 Å². The van der Waals surface area contributed by atoms with Gasteiger partial charge in [0.15, 0.2) is 0 Å². The highest BCUT2D eigenvalue weighted by molar-refractivity contribution is 6.32. The first-order chi connectivity index (χ1) is 20.3. The van der Waals surface area contributed by atoms with E-state index in [2.05, 4.69) is 0 Å². The molecule has 0 aromatic heterocycles. The number of aryl methyl sites for hydroxylation is 1. The van der Waals surface area contributed by atoms with Crippen LogP contribution < -0.4 is 4.90 Å². The van der Waals surface area contributed by atoms with Crippen LogP contribution in [0.3, 0.4) is 0 Å². The second-order valence-corrected chi connectivity index (χ2v) is 12.7. The molecule has 1 spiro atoms. The SMILES string of the molecule is COC(=O)CN1C(=O)C[C@@H](c2cccc(Cl)c2)[C@]2(C(=O)N(C(=O)OC(C)(C)C)c3cc(Cl)ccc32)[C@H]1c1ccccc1C. The molecule has 2 aliphatic rings. The number of piperidine rings is 1. The number of hydrogen-bond donors (Lipinski definition) is 0.